The quantitative estimate of drug-likeness (QED) is 0.480. The van der Waals surface area contributed by atoms with Crippen molar-refractivity contribution in [1.29, 1.82) is 0 Å². The zero-order valence-electron chi connectivity index (χ0n) is 14.9. The molecule has 0 saturated heterocycles. The van der Waals surface area contributed by atoms with Crippen LogP contribution in [0.3, 0.4) is 0 Å². The third kappa shape index (κ3) is 4.08. The number of hydrogen-bond donors (Lipinski definition) is 1. The van der Waals surface area contributed by atoms with Gasteiger partial charge in [-0.3, -0.25) is 14.9 Å². The van der Waals surface area contributed by atoms with Crippen molar-refractivity contribution in [3.05, 3.63) is 49.2 Å². The molecule has 1 aromatic heterocycles. The molecule has 8 nitrogen and oxygen atoms in total. The Morgan fingerprint density at radius 1 is 1.44 bits per heavy atom. The maximum absolute atomic E-state index is 12.3. The monoisotopic (exact) mass is 388 g/mol. The highest BCUT2D eigenvalue weighted by Gasteiger charge is 2.20. The average Bonchev–Trinajstić information content (AvgIpc) is 3.05. The number of fused-ring (bicyclic) bond motifs is 1. The van der Waals surface area contributed by atoms with E-state index in [1.54, 1.807) is 0 Å². The van der Waals surface area contributed by atoms with Crippen molar-refractivity contribution >= 4 is 29.1 Å². The number of hydrogen-bond acceptors (Lipinski definition) is 7. The molecular formula is C18H18N3O5S-. The summed E-state index contributed by atoms with van der Waals surface area (Å²) in [4.78, 5) is 24.3. The van der Waals surface area contributed by atoms with Gasteiger partial charge in [0.25, 0.3) is 11.6 Å². The van der Waals surface area contributed by atoms with E-state index in [-0.39, 0.29) is 17.2 Å². The fourth-order valence-corrected chi connectivity index (χ4v) is 4.11. The first-order valence-corrected chi connectivity index (χ1v) is 9.19. The summed E-state index contributed by atoms with van der Waals surface area (Å²) in [6.07, 6.45) is 4.33. The number of amides is 1. The Kier molecular flexibility index (Phi) is 5.41. The van der Waals surface area contributed by atoms with E-state index in [1.165, 1.54) is 41.2 Å². The molecule has 1 heterocycles. The van der Waals surface area contributed by atoms with Gasteiger partial charge in [0.1, 0.15) is 5.75 Å². The molecule has 1 aliphatic carbocycles. The minimum absolute atomic E-state index is 0.156. The van der Waals surface area contributed by atoms with Crippen molar-refractivity contribution in [3.63, 3.8) is 0 Å². The molecule has 0 fully saturated rings. The number of methoxy groups -OCH3 is 1. The van der Waals surface area contributed by atoms with Gasteiger partial charge in [-0.15, -0.1) is 11.3 Å². The fraction of sp³-hybridized carbons (Fsp3) is 0.333. The van der Waals surface area contributed by atoms with Gasteiger partial charge in [-0.1, -0.05) is 6.92 Å². The van der Waals surface area contributed by atoms with Gasteiger partial charge < -0.3 is 9.84 Å². The second kappa shape index (κ2) is 7.75. The van der Waals surface area contributed by atoms with Crippen LogP contribution in [0.15, 0.2) is 23.3 Å². The Morgan fingerprint density at radius 2 is 2.22 bits per heavy atom. The maximum Gasteiger partial charge on any atom is 0.281 e. The molecule has 2 aromatic rings. The number of hydrazone groups is 1. The Morgan fingerprint density at radius 3 is 2.93 bits per heavy atom. The number of thiophene rings is 1. The third-order valence-electron chi connectivity index (χ3n) is 4.41. The highest BCUT2D eigenvalue weighted by Crippen LogP contribution is 2.34. The van der Waals surface area contributed by atoms with Crippen molar-refractivity contribution in [1.82, 2.24) is 5.43 Å². The van der Waals surface area contributed by atoms with E-state index in [1.807, 2.05) is 6.07 Å². The predicted octanol–water partition coefficient (Wildman–Crippen LogP) is 2.63. The molecule has 142 valence electrons. The van der Waals surface area contributed by atoms with Crippen LogP contribution < -0.4 is 15.3 Å². The van der Waals surface area contributed by atoms with Crippen LogP contribution in [0.4, 0.5) is 5.69 Å². The highest BCUT2D eigenvalue weighted by atomic mass is 32.1. The first kappa shape index (κ1) is 18.8. The van der Waals surface area contributed by atoms with Crippen LogP contribution in [0.2, 0.25) is 0 Å². The SMILES string of the molecule is COc1cc(/C=N\NC(=O)c2cc3c(s2)CC[C@H](C)C3)cc([N+](=O)[O-])c1[O-]. The number of nitro groups is 1. The van der Waals surface area contributed by atoms with E-state index in [0.717, 1.165) is 25.3 Å². The molecule has 1 N–H and O–H groups in total. The lowest BCUT2D eigenvalue weighted by Gasteiger charge is -2.16. The first-order chi connectivity index (χ1) is 12.9. The van der Waals surface area contributed by atoms with Crippen LogP contribution in [0.5, 0.6) is 11.5 Å². The Balaban J connectivity index is 1.73. The van der Waals surface area contributed by atoms with Gasteiger partial charge in [0.05, 0.1) is 23.1 Å². The number of carbonyl (C=O) groups is 1. The summed E-state index contributed by atoms with van der Waals surface area (Å²) in [6.45, 7) is 2.20. The minimum atomic E-state index is -0.804. The van der Waals surface area contributed by atoms with E-state index in [2.05, 4.69) is 17.5 Å². The number of nitrogens with zero attached hydrogens (tertiary/aromatic N) is 2. The van der Waals surface area contributed by atoms with Gasteiger partial charge in [0, 0.05) is 22.3 Å². The molecule has 0 spiro atoms. The fourth-order valence-electron chi connectivity index (χ4n) is 3.01. The van der Waals surface area contributed by atoms with Crippen LogP contribution in [0.1, 0.15) is 39.0 Å². The van der Waals surface area contributed by atoms with Crippen molar-refractivity contribution in [2.75, 3.05) is 7.11 Å². The third-order valence-corrected chi connectivity index (χ3v) is 5.64. The van der Waals surface area contributed by atoms with Crippen molar-refractivity contribution < 1.29 is 19.6 Å². The van der Waals surface area contributed by atoms with E-state index in [0.29, 0.717) is 10.8 Å². The summed E-state index contributed by atoms with van der Waals surface area (Å²) in [6, 6.07) is 4.32. The molecule has 27 heavy (non-hydrogen) atoms. The van der Waals surface area contributed by atoms with E-state index in [9.17, 15) is 20.0 Å². The topological polar surface area (TPSA) is 117 Å². The van der Waals surface area contributed by atoms with Crippen molar-refractivity contribution in [2.24, 2.45) is 11.0 Å². The molecule has 1 atom stereocenters. The van der Waals surface area contributed by atoms with Crippen LogP contribution >= 0.6 is 11.3 Å². The summed E-state index contributed by atoms with van der Waals surface area (Å²) >= 11 is 1.47. The number of nitro benzene ring substituents is 1. The van der Waals surface area contributed by atoms with E-state index < -0.39 is 16.4 Å². The van der Waals surface area contributed by atoms with Gasteiger partial charge in [-0.05, 0) is 42.9 Å². The van der Waals surface area contributed by atoms with Crippen LogP contribution in [0, 0.1) is 16.0 Å². The van der Waals surface area contributed by atoms with E-state index in [4.69, 9.17) is 4.74 Å². The first-order valence-electron chi connectivity index (χ1n) is 8.37. The second-order valence-corrected chi connectivity index (χ2v) is 7.57. The normalized spacial score (nSPS) is 16.1. The summed E-state index contributed by atoms with van der Waals surface area (Å²) in [7, 11) is 1.25. The summed E-state index contributed by atoms with van der Waals surface area (Å²) in [5, 5.41) is 26.6. The number of aryl methyl sites for hydroxylation is 1. The maximum atomic E-state index is 12.3. The molecule has 0 bridgehead atoms. The lowest BCUT2D eigenvalue weighted by Crippen LogP contribution is -2.16. The average molecular weight is 388 g/mol. The molecule has 0 saturated carbocycles. The lowest BCUT2D eigenvalue weighted by molar-refractivity contribution is -0.398. The Labute approximate surface area is 159 Å². The van der Waals surface area contributed by atoms with Crippen LogP contribution in [-0.4, -0.2) is 24.2 Å². The Bertz CT molecular complexity index is 922. The van der Waals surface area contributed by atoms with Gasteiger partial charge >= 0.3 is 0 Å². The summed E-state index contributed by atoms with van der Waals surface area (Å²) in [5.41, 5.74) is 3.31. The standard InChI is InChI=1S/C18H19N3O5S/c1-10-3-4-15-12(5-10)8-16(27-15)18(23)20-19-9-11-6-13(21(24)25)17(22)14(7-11)26-2/h6-10,22H,3-5H2,1-2H3,(H,20,23)/p-1/b19-9-/t10-/m0/s1. The zero-order chi connectivity index (χ0) is 19.6. The molecular weight excluding hydrogens is 370 g/mol. The smallest absolute Gasteiger partial charge is 0.281 e. The molecule has 1 aromatic carbocycles. The highest BCUT2D eigenvalue weighted by molar-refractivity contribution is 7.14. The minimum Gasteiger partial charge on any atom is -0.865 e. The lowest BCUT2D eigenvalue weighted by atomic mass is 9.90. The van der Waals surface area contributed by atoms with Crippen LogP contribution in [-0.2, 0) is 12.8 Å². The van der Waals surface area contributed by atoms with Gasteiger partial charge in [0.2, 0.25) is 0 Å². The second-order valence-electron chi connectivity index (χ2n) is 6.43. The van der Waals surface area contributed by atoms with Gasteiger partial charge in [0.15, 0.2) is 0 Å². The molecule has 1 aliphatic rings. The molecule has 0 radical (unpaired) electrons. The summed E-state index contributed by atoms with van der Waals surface area (Å²) in [5.74, 6) is -0.671. The van der Waals surface area contributed by atoms with Crippen molar-refractivity contribution in [3.8, 4) is 11.5 Å². The summed E-state index contributed by atoms with van der Waals surface area (Å²) < 4.78 is 4.86. The number of ether oxygens (including phenoxy) is 1. The molecule has 1 amide bonds. The number of nitrogens with one attached hydrogen (secondary N) is 1. The van der Waals surface area contributed by atoms with Gasteiger partial charge in [-0.2, -0.15) is 5.10 Å². The van der Waals surface area contributed by atoms with E-state index >= 15 is 0 Å². The number of carbonyl (C=O) groups excluding carboxylic acids is 1. The zero-order valence-corrected chi connectivity index (χ0v) is 15.7. The molecule has 3 rings (SSSR count). The Hall–Kier alpha value is -2.94. The number of rotatable bonds is 5. The molecule has 9 heteroatoms. The molecule has 0 aliphatic heterocycles. The predicted molar refractivity (Wildman–Crippen MR) is 99.7 cm³/mol. The number of benzene rings is 1. The van der Waals surface area contributed by atoms with Crippen molar-refractivity contribution in [2.45, 2.75) is 26.2 Å². The molecule has 0 unspecified atom stereocenters. The van der Waals surface area contributed by atoms with Gasteiger partial charge in [-0.25, -0.2) is 5.43 Å². The van der Waals surface area contributed by atoms with Crippen LogP contribution in [0.25, 0.3) is 0 Å². The largest absolute Gasteiger partial charge is 0.865 e.